The molecule has 0 unspecified atom stereocenters. The minimum atomic E-state index is -0.525. The van der Waals surface area contributed by atoms with E-state index in [1.165, 1.54) is 0 Å². The molecule has 35 heavy (non-hydrogen) atoms. The van der Waals surface area contributed by atoms with Crippen LogP contribution in [-0.2, 0) is 11.2 Å². The van der Waals surface area contributed by atoms with Crippen molar-refractivity contribution >= 4 is 40.8 Å². The third-order valence-electron chi connectivity index (χ3n) is 5.61. The number of hydrogen-bond donors (Lipinski definition) is 2. The molecule has 9 heteroatoms. The average molecular weight is 494 g/mol. The normalized spacial score (nSPS) is 13.7. The van der Waals surface area contributed by atoms with Crippen LogP contribution in [0.3, 0.4) is 0 Å². The van der Waals surface area contributed by atoms with Gasteiger partial charge in [0.25, 0.3) is 11.8 Å². The molecule has 2 N–H and O–H groups in total. The number of halogens is 1. The number of carbonyl (C=O) groups is 3. The number of rotatable bonds is 6. The van der Waals surface area contributed by atoms with E-state index in [1.54, 1.807) is 62.4 Å². The zero-order chi connectivity index (χ0) is 24.9. The second-order valence-corrected chi connectivity index (χ2v) is 8.31. The third-order valence-corrected chi connectivity index (χ3v) is 5.94. The van der Waals surface area contributed by atoms with Gasteiger partial charge in [0.05, 0.1) is 34.2 Å². The Labute approximate surface area is 207 Å². The highest BCUT2D eigenvalue weighted by Crippen LogP contribution is 2.31. The second kappa shape index (κ2) is 10.6. The molecular formula is C26H24ClN3O5. The summed E-state index contributed by atoms with van der Waals surface area (Å²) in [5.74, 6) is -0.690. The van der Waals surface area contributed by atoms with Crippen molar-refractivity contribution in [3.63, 3.8) is 0 Å². The average Bonchev–Trinajstić information content (AvgIpc) is 3.20. The van der Waals surface area contributed by atoms with Crippen LogP contribution < -0.4 is 10.7 Å². The predicted octanol–water partition coefficient (Wildman–Crippen LogP) is 5.14. The molecule has 0 saturated carbocycles. The maximum atomic E-state index is 13.1. The first-order valence-electron chi connectivity index (χ1n) is 11.2. The standard InChI is InChI=1S/C26H24ClN3O5/c1-3-34-26(33)17-10-5-7-12-19(17)28-25(32)23-15(2)22-20(13-8-14-21(22)35-23)29-30-24(31)16-9-4-6-11-18(16)27/h4-7,9-12H,3,8,13-14H2,1-2H3,(H,28,32)(H,30,31)/b29-20+. The SMILES string of the molecule is CCOC(=O)c1ccccc1NC(=O)c1oc2c(c1C)/C(=N/NC(=O)c1ccccc1Cl)CCC2. The summed E-state index contributed by atoms with van der Waals surface area (Å²) >= 11 is 6.10. The summed E-state index contributed by atoms with van der Waals surface area (Å²) in [6, 6.07) is 13.3. The molecule has 180 valence electrons. The van der Waals surface area contributed by atoms with Gasteiger partial charge in [0.15, 0.2) is 5.76 Å². The maximum absolute atomic E-state index is 13.1. The zero-order valence-electron chi connectivity index (χ0n) is 19.3. The molecule has 0 spiro atoms. The van der Waals surface area contributed by atoms with Gasteiger partial charge in [-0.15, -0.1) is 0 Å². The van der Waals surface area contributed by atoms with Crippen molar-refractivity contribution in [1.29, 1.82) is 0 Å². The monoisotopic (exact) mass is 493 g/mol. The van der Waals surface area contributed by atoms with E-state index in [1.807, 2.05) is 0 Å². The van der Waals surface area contributed by atoms with Gasteiger partial charge in [-0.3, -0.25) is 9.59 Å². The summed E-state index contributed by atoms with van der Waals surface area (Å²) in [4.78, 5) is 37.9. The number of anilines is 1. The van der Waals surface area contributed by atoms with Gasteiger partial charge in [-0.2, -0.15) is 5.10 Å². The van der Waals surface area contributed by atoms with Crippen LogP contribution in [0.4, 0.5) is 5.69 Å². The van der Waals surface area contributed by atoms with E-state index in [4.69, 9.17) is 20.8 Å². The first kappa shape index (κ1) is 24.2. The highest BCUT2D eigenvalue weighted by Gasteiger charge is 2.29. The predicted molar refractivity (Wildman–Crippen MR) is 132 cm³/mol. The summed E-state index contributed by atoms with van der Waals surface area (Å²) < 4.78 is 11.0. The fraction of sp³-hybridized carbons (Fsp3) is 0.231. The minimum Gasteiger partial charge on any atom is -0.462 e. The van der Waals surface area contributed by atoms with Crippen molar-refractivity contribution in [2.24, 2.45) is 5.10 Å². The van der Waals surface area contributed by atoms with E-state index in [0.29, 0.717) is 51.7 Å². The fourth-order valence-electron chi connectivity index (χ4n) is 3.98. The molecule has 4 rings (SSSR count). The van der Waals surface area contributed by atoms with Crippen LogP contribution in [-0.4, -0.2) is 30.1 Å². The third kappa shape index (κ3) is 5.12. The number of ether oxygens (including phenoxy) is 1. The van der Waals surface area contributed by atoms with E-state index in [2.05, 4.69) is 15.8 Å². The molecule has 0 saturated heterocycles. The van der Waals surface area contributed by atoms with Gasteiger partial charge < -0.3 is 14.5 Å². The van der Waals surface area contributed by atoms with Gasteiger partial charge in [-0.1, -0.05) is 35.9 Å². The molecule has 3 aromatic rings. The number of furan rings is 1. The van der Waals surface area contributed by atoms with Crippen LogP contribution in [0.2, 0.25) is 5.02 Å². The lowest BCUT2D eigenvalue weighted by atomic mass is 9.93. The number of fused-ring (bicyclic) bond motifs is 1. The number of esters is 1. The lowest BCUT2D eigenvalue weighted by Crippen LogP contribution is -2.22. The van der Waals surface area contributed by atoms with Crippen molar-refractivity contribution in [3.8, 4) is 0 Å². The van der Waals surface area contributed by atoms with Crippen LogP contribution >= 0.6 is 11.6 Å². The Morgan fingerprint density at radius 1 is 1.03 bits per heavy atom. The van der Waals surface area contributed by atoms with Gasteiger partial charge in [0.1, 0.15) is 5.76 Å². The molecule has 1 aromatic heterocycles. The number of benzene rings is 2. The molecule has 1 aliphatic carbocycles. The zero-order valence-corrected chi connectivity index (χ0v) is 20.1. The highest BCUT2D eigenvalue weighted by atomic mass is 35.5. The van der Waals surface area contributed by atoms with Crippen molar-refractivity contribution < 1.29 is 23.5 Å². The number of aryl methyl sites for hydroxylation is 1. The topological polar surface area (TPSA) is 110 Å². The van der Waals surface area contributed by atoms with Crippen molar-refractivity contribution in [2.45, 2.75) is 33.1 Å². The van der Waals surface area contributed by atoms with Gasteiger partial charge >= 0.3 is 5.97 Å². The van der Waals surface area contributed by atoms with Crippen LogP contribution in [0.5, 0.6) is 0 Å². The lowest BCUT2D eigenvalue weighted by molar-refractivity contribution is 0.0527. The summed E-state index contributed by atoms with van der Waals surface area (Å²) in [6.07, 6.45) is 2.01. The smallest absolute Gasteiger partial charge is 0.340 e. The Hall–Kier alpha value is -3.91. The molecule has 0 aliphatic heterocycles. The summed E-state index contributed by atoms with van der Waals surface area (Å²) in [6.45, 7) is 3.71. The molecule has 0 radical (unpaired) electrons. The number of para-hydroxylation sites is 1. The first-order valence-corrected chi connectivity index (χ1v) is 11.6. The van der Waals surface area contributed by atoms with Crippen LogP contribution in [0.1, 0.15) is 67.9 Å². The second-order valence-electron chi connectivity index (χ2n) is 7.91. The Morgan fingerprint density at radius 2 is 1.74 bits per heavy atom. The Kier molecular flexibility index (Phi) is 7.31. The fourth-order valence-corrected chi connectivity index (χ4v) is 4.20. The van der Waals surface area contributed by atoms with Crippen molar-refractivity contribution in [3.05, 3.63) is 87.3 Å². The number of amides is 2. The Morgan fingerprint density at radius 3 is 2.49 bits per heavy atom. The number of nitrogens with zero attached hydrogens (tertiary/aromatic N) is 1. The highest BCUT2D eigenvalue weighted by molar-refractivity contribution is 6.33. The van der Waals surface area contributed by atoms with Gasteiger partial charge in [-0.05, 0) is 51.0 Å². The van der Waals surface area contributed by atoms with Crippen LogP contribution in [0.15, 0.2) is 58.0 Å². The Bertz CT molecular complexity index is 1330. The number of hydrazone groups is 1. The number of hydrogen-bond acceptors (Lipinski definition) is 6. The largest absolute Gasteiger partial charge is 0.462 e. The minimum absolute atomic E-state index is 0.126. The van der Waals surface area contributed by atoms with E-state index >= 15 is 0 Å². The molecule has 8 nitrogen and oxygen atoms in total. The quantitative estimate of drug-likeness (QED) is 0.365. The molecular weight excluding hydrogens is 470 g/mol. The molecule has 2 amide bonds. The molecule has 1 aliphatic rings. The number of carbonyl (C=O) groups excluding carboxylic acids is 3. The van der Waals surface area contributed by atoms with Gasteiger partial charge in [0, 0.05) is 17.5 Å². The lowest BCUT2D eigenvalue weighted by Gasteiger charge is -2.13. The molecule has 0 bridgehead atoms. The van der Waals surface area contributed by atoms with Gasteiger partial charge in [-0.25, -0.2) is 10.2 Å². The van der Waals surface area contributed by atoms with E-state index in [9.17, 15) is 14.4 Å². The number of nitrogens with one attached hydrogen (secondary N) is 2. The summed E-state index contributed by atoms with van der Waals surface area (Å²) in [5, 5.41) is 7.40. The first-order chi connectivity index (χ1) is 16.9. The van der Waals surface area contributed by atoms with Gasteiger partial charge in [0.2, 0.25) is 0 Å². The molecule has 1 heterocycles. The molecule has 0 atom stereocenters. The Balaban J connectivity index is 1.58. The van der Waals surface area contributed by atoms with Crippen LogP contribution in [0.25, 0.3) is 0 Å². The maximum Gasteiger partial charge on any atom is 0.340 e. The van der Waals surface area contributed by atoms with Crippen molar-refractivity contribution in [1.82, 2.24) is 5.43 Å². The molecule has 0 fully saturated rings. The van der Waals surface area contributed by atoms with Crippen molar-refractivity contribution in [2.75, 3.05) is 11.9 Å². The molecule has 2 aromatic carbocycles. The summed E-state index contributed by atoms with van der Waals surface area (Å²) in [5.41, 5.74) is 5.39. The van der Waals surface area contributed by atoms with E-state index in [0.717, 1.165) is 6.42 Å². The van der Waals surface area contributed by atoms with E-state index in [-0.39, 0.29) is 17.9 Å². The van der Waals surface area contributed by atoms with E-state index < -0.39 is 17.8 Å². The van der Waals surface area contributed by atoms with Crippen LogP contribution in [0, 0.1) is 6.92 Å². The summed E-state index contributed by atoms with van der Waals surface area (Å²) in [7, 11) is 0.